The van der Waals surface area contributed by atoms with Crippen LogP contribution in [0.4, 0.5) is 0 Å². The third-order valence-electron chi connectivity index (χ3n) is 4.37. The molecule has 0 spiro atoms. The van der Waals surface area contributed by atoms with Gasteiger partial charge in [-0.05, 0) is 30.0 Å². The molecule has 2 atom stereocenters. The van der Waals surface area contributed by atoms with Crippen molar-refractivity contribution >= 4 is 11.6 Å². The van der Waals surface area contributed by atoms with Crippen LogP contribution in [0, 0.1) is 5.92 Å². The number of hydrogen-bond donors (Lipinski definition) is 2. The molecule has 0 saturated carbocycles. The standard InChI is InChI=1S/C17H22ClN3O/c1-2-12-4-3-5-16(18)15(12)11-19-8-13-6-7-22-17(13)14-9-20-21-10-14/h3-5,9-10,13,17,19H,2,6-8,11H2,1H3,(H,20,21)/t13-,17+/m1/s1. The number of benzene rings is 1. The second-order valence-corrected chi connectivity index (χ2v) is 6.14. The van der Waals surface area contributed by atoms with E-state index in [2.05, 4.69) is 28.5 Å². The summed E-state index contributed by atoms with van der Waals surface area (Å²) < 4.78 is 5.86. The van der Waals surface area contributed by atoms with E-state index in [1.807, 2.05) is 24.5 Å². The lowest BCUT2D eigenvalue weighted by Crippen LogP contribution is -2.25. The highest BCUT2D eigenvalue weighted by Gasteiger charge is 2.29. The van der Waals surface area contributed by atoms with Crippen molar-refractivity contribution < 1.29 is 4.74 Å². The Bertz CT molecular complexity index is 600. The van der Waals surface area contributed by atoms with E-state index in [4.69, 9.17) is 16.3 Å². The van der Waals surface area contributed by atoms with Gasteiger partial charge in [-0.1, -0.05) is 30.7 Å². The molecule has 5 heteroatoms. The van der Waals surface area contributed by atoms with Crippen molar-refractivity contribution in [3.63, 3.8) is 0 Å². The maximum absolute atomic E-state index is 6.34. The van der Waals surface area contributed by atoms with Crippen LogP contribution in [-0.4, -0.2) is 23.3 Å². The predicted molar refractivity (Wildman–Crippen MR) is 87.9 cm³/mol. The topological polar surface area (TPSA) is 49.9 Å². The number of nitrogens with zero attached hydrogens (tertiary/aromatic N) is 1. The second kappa shape index (κ2) is 7.27. The number of hydrogen-bond acceptors (Lipinski definition) is 3. The van der Waals surface area contributed by atoms with Crippen LogP contribution in [0.3, 0.4) is 0 Å². The Morgan fingerprint density at radius 3 is 3.14 bits per heavy atom. The van der Waals surface area contributed by atoms with E-state index >= 15 is 0 Å². The van der Waals surface area contributed by atoms with Crippen LogP contribution in [0.25, 0.3) is 0 Å². The minimum absolute atomic E-state index is 0.142. The molecule has 4 nitrogen and oxygen atoms in total. The van der Waals surface area contributed by atoms with Crippen molar-refractivity contribution in [2.45, 2.75) is 32.4 Å². The van der Waals surface area contributed by atoms with Crippen LogP contribution in [0.1, 0.15) is 36.1 Å². The molecule has 1 saturated heterocycles. The molecule has 2 aromatic rings. The van der Waals surface area contributed by atoms with Gasteiger partial charge in [-0.15, -0.1) is 0 Å². The molecule has 2 heterocycles. The van der Waals surface area contributed by atoms with Gasteiger partial charge in [-0.25, -0.2) is 0 Å². The van der Waals surface area contributed by atoms with Crippen molar-refractivity contribution in [3.8, 4) is 0 Å². The summed E-state index contributed by atoms with van der Waals surface area (Å²) in [5.74, 6) is 0.477. The first kappa shape index (κ1) is 15.5. The van der Waals surface area contributed by atoms with Crippen molar-refractivity contribution in [1.82, 2.24) is 15.5 Å². The fourth-order valence-electron chi connectivity index (χ4n) is 3.14. The molecule has 1 aliphatic heterocycles. The lowest BCUT2D eigenvalue weighted by Gasteiger charge is -2.18. The fourth-order valence-corrected chi connectivity index (χ4v) is 3.40. The molecule has 1 aromatic carbocycles. The summed E-state index contributed by atoms with van der Waals surface area (Å²) in [4.78, 5) is 0. The van der Waals surface area contributed by atoms with Crippen LogP contribution in [0.15, 0.2) is 30.6 Å². The Morgan fingerprint density at radius 2 is 2.36 bits per heavy atom. The number of aromatic nitrogens is 2. The molecule has 0 aliphatic carbocycles. The number of rotatable bonds is 6. The fraction of sp³-hybridized carbons (Fsp3) is 0.471. The lowest BCUT2D eigenvalue weighted by atomic mass is 9.97. The summed E-state index contributed by atoms with van der Waals surface area (Å²) in [5.41, 5.74) is 3.66. The van der Waals surface area contributed by atoms with Gasteiger partial charge in [0.2, 0.25) is 0 Å². The van der Waals surface area contributed by atoms with Gasteiger partial charge in [0.05, 0.1) is 12.3 Å². The van der Waals surface area contributed by atoms with Gasteiger partial charge in [-0.2, -0.15) is 5.10 Å². The molecule has 1 aliphatic rings. The predicted octanol–water partition coefficient (Wildman–Crippen LogP) is 3.49. The van der Waals surface area contributed by atoms with Crippen LogP contribution in [0.5, 0.6) is 0 Å². The number of aromatic amines is 1. The van der Waals surface area contributed by atoms with Crippen molar-refractivity contribution in [2.24, 2.45) is 5.92 Å². The number of ether oxygens (including phenoxy) is 1. The molecule has 3 rings (SSSR count). The average Bonchev–Trinajstić information content (AvgIpc) is 3.19. The van der Waals surface area contributed by atoms with Gasteiger partial charge < -0.3 is 10.1 Å². The molecule has 0 amide bonds. The summed E-state index contributed by atoms with van der Waals surface area (Å²) in [6, 6.07) is 6.13. The van der Waals surface area contributed by atoms with Crippen LogP contribution in [-0.2, 0) is 17.7 Å². The molecule has 1 aromatic heterocycles. The van der Waals surface area contributed by atoms with Gasteiger partial charge in [-0.3, -0.25) is 5.10 Å². The van der Waals surface area contributed by atoms with E-state index in [0.29, 0.717) is 5.92 Å². The first-order valence-corrected chi connectivity index (χ1v) is 8.24. The average molecular weight is 320 g/mol. The Hall–Kier alpha value is -1.36. The van der Waals surface area contributed by atoms with Gasteiger partial charge >= 0.3 is 0 Å². The SMILES string of the molecule is CCc1cccc(Cl)c1CNC[C@H]1CCO[C@@H]1c1cn[nH]c1. The lowest BCUT2D eigenvalue weighted by molar-refractivity contribution is 0.0905. The number of nitrogens with one attached hydrogen (secondary N) is 2. The molecular formula is C17H22ClN3O. The van der Waals surface area contributed by atoms with Crippen molar-refractivity contribution in [1.29, 1.82) is 0 Å². The van der Waals surface area contributed by atoms with Crippen LogP contribution in [0.2, 0.25) is 5.02 Å². The second-order valence-electron chi connectivity index (χ2n) is 5.73. The highest BCUT2D eigenvalue weighted by atomic mass is 35.5. The minimum atomic E-state index is 0.142. The van der Waals surface area contributed by atoms with Crippen molar-refractivity contribution in [2.75, 3.05) is 13.2 Å². The number of halogens is 1. The largest absolute Gasteiger partial charge is 0.373 e. The maximum Gasteiger partial charge on any atom is 0.0896 e. The molecule has 0 bridgehead atoms. The normalized spacial score (nSPS) is 21.4. The summed E-state index contributed by atoms with van der Waals surface area (Å²) in [6.07, 6.45) is 6.00. The van der Waals surface area contributed by atoms with E-state index in [-0.39, 0.29) is 6.10 Å². The van der Waals surface area contributed by atoms with Gasteiger partial charge in [0.15, 0.2) is 0 Å². The zero-order valence-electron chi connectivity index (χ0n) is 12.8. The van der Waals surface area contributed by atoms with E-state index in [0.717, 1.165) is 43.1 Å². The summed E-state index contributed by atoms with van der Waals surface area (Å²) in [5, 5.41) is 11.3. The maximum atomic E-state index is 6.34. The molecule has 0 radical (unpaired) electrons. The summed E-state index contributed by atoms with van der Waals surface area (Å²) >= 11 is 6.34. The molecule has 118 valence electrons. The minimum Gasteiger partial charge on any atom is -0.373 e. The number of H-pyrrole nitrogens is 1. The summed E-state index contributed by atoms with van der Waals surface area (Å²) in [6.45, 7) is 4.70. The molecular weight excluding hydrogens is 298 g/mol. The monoisotopic (exact) mass is 319 g/mol. The quantitative estimate of drug-likeness (QED) is 0.857. The van der Waals surface area contributed by atoms with Gasteiger partial charge in [0.1, 0.15) is 0 Å². The Labute approximate surface area is 136 Å². The van der Waals surface area contributed by atoms with E-state index in [9.17, 15) is 0 Å². The van der Waals surface area contributed by atoms with Crippen LogP contribution >= 0.6 is 11.6 Å². The molecule has 1 fully saturated rings. The first-order valence-electron chi connectivity index (χ1n) is 7.87. The van der Waals surface area contributed by atoms with Gasteiger partial charge in [0, 0.05) is 42.4 Å². The molecule has 2 N–H and O–H groups in total. The van der Waals surface area contributed by atoms with E-state index < -0.39 is 0 Å². The zero-order chi connectivity index (χ0) is 15.4. The van der Waals surface area contributed by atoms with Crippen LogP contribution < -0.4 is 5.32 Å². The Balaban J connectivity index is 1.59. The zero-order valence-corrected chi connectivity index (χ0v) is 13.6. The third kappa shape index (κ3) is 3.35. The first-order chi connectivity index (χ1) is 10.8. The Morgan fingerprint density at radius 1 is 1.45 bits per heavy atom. The van der Waals surface area contributed by atoms with E-state index in [1.54, 1.807) is 0 Å². The summed E-state index contributed by atoms with van der Waals surface area (Å²) in [7, 11) is 0. The van der Waals surface area contributed by atoms with Gasteiger partial charge in [0.25, 0.3) is 0 Å². The smallest absolute Gasteiger partial charge is 0.0896 e. The number of aryl methyl sites for hydroxylation is 1. The molecule has 22 heavy (non-hydrogen) atoms. The highest BCUT2D eigenvalue weighted by molar-refractivity contribution is 6.31. The molecule has 0 unspecified atom stereocenters. The van der Waals surface area contributed by atoms with Crippen molar-refractivity contribution in [3.05, 3.63) is 52.3 Å². The van der Waals surface area contributed by atoms with E-state index in [1.165, 1.54) is 11.1 Å². The third-order valence-corrected chi connectivity index (χ3v) is 4.72. The Kier molecular flexibility index (Phi) is 5.13. The highest BCUT2D eigenvalue weighted by Crippen LogP contribution is 2.33.